The van der Waals surface area contributed by atoms with Crippen molar-refractivity contribution in [3.63, 3.8) is 0 Å². The highest BCUT2D eigenvalue weighted by Crippen LogP contribution is 2.16. The standard InChI is InChI=1S/C24H28N4O2/c1-30-18-22-21(16-19-8-4-2-5-9-19)23(29)26-24(25-22)28-14-12-27(13-15-28)17-20-10-6-3-7-11-20/h2-11H,12-18H2,1H3,(H,25,26,29). The van der Waals surface area contributed by atoms with Gasteiger partial charge in [-0.25, -0.2) is 4.98 Å². The third-order valence-corrected chi connectivity index (χ3v) is 5.51. The molecular weight excluding hydrogens is 376 g/mol. The maximum Gasteiger partial charge on any atom is 0.256 e. The Hall–Kier alpha value is -2.96. The maximum atomic E-state index is 12.9. The molecular formula is C24H28N4O2. The van der Waals surface area contributed by atoms with Gasteiger partial charge in [-0.05, 0) is 11.1 Å². The van der Waals surface area contributed by atoms with Gasteiger partial charge in [0.15, 0.2) is 0 Å². The maximum absolute atomic E-state index is 12.9. The van der Waals surface area contributed by atoms with Gasteiger partial charge in [-0.1, -0.05) is 60.7 Å². The van der Waals surface area contributed by atoms with Crippen LogP contribution in [0.5, 0.6) is 0 Å². The Morgan fingerprint density at radius 1 is 0.933 bits per heavy atom. The lowest BCUT2D eigenvalue weighted by Gasteiger charge is -2.35. The molecule has 0 bridgehead atoms. The van der Waals surface area contributed by atoms with E-state index < -0.39 is 0 Å². The molecule has 6 heteroatoms. The lowest BCUT2D eigenvalue weighted by Crippen LogP contribution is -2.47. The largest absolute Gasteiger partial charge is 0.378 e. The minimum absolute atomic E-state index is 0.0809. The molecule has 3 aromatic rings. The van der Waals surface area contributed by atoms with Gasteiger partial charge in [-0.2, -0.15) is 0 Å². The molecule has 1 aliphatic heterocycles. The monoisotopic (exact) mass is 404 g/mol. The molecule has 1 saturated heterocycles. The van der Waals surface area contributed by atoms with Crippen LogP contribution < -0.4 is 10.5 Å². The molecule has 0 aliphatic carbocycles. The predicted molar refractivity (Wildman–Crippen MR) is 119 cm³/mol. The molecule has 0 spiro atoms. The van der Waals surface area contributed by atoms with Crippen LogP contribution in [0.4, 0.5) is 5.95 Å². The first kappa shape index (κ1) is 20.3. The van der Waals surface area contributed by atoms with E-state index in [0.717, 1.165) is 38.3 Å². The summed E-state index contributed by atoms with van der Waals surface area (Å²) < 4.78 is 5.35. The number of piperazine rings is 1. The summed E-state index contributed by atoms with van der Waals surface area (Å²) in [6.45, 7) is 4.81. The first-order chi connectivity index (χ1) is 14.7. The fourth-order valence-electron chi connectivity index (χ4n) is 3.88. The van der Waals surface area contributed by atoms with E-state index in [0.29, 0.717) is 30.2 Å². The van der Waals surface area contributed by atoms with E-state index in [2.05, 4.69) is 39.0 Å². The van der Waals surface area contributed by atoms with Crippen molar-refractivity contribution >= 4 is 5.95 Å². The zero-order valence-corrected chi connectivity index (χ0v) is 17.4. The Morgan fingerprint density at radius 3 is 2.20 bits per heavy atom. The van der Waals surface area contributed by atoms with Crippen molar-refractivity contribution in [2.75, 3.05) is 38.2 Å². The van der Waals surface area contributed by atoms with Crippen molar-refractivity contribution in [2.45, 2.75) is 19.6 Å². The average Bonchev–Trinajstić information content (AvgIpc) is 2.78. The molecule has 30 heavy (non-hydrogen) atoms. The van der Waals surface area contributed by atoms with Gasteiger partial charge in [-0.3, -0.25) is 14.7 Å². The van der Waals surface area contributed by atoms with E-state index in [-0.39, 0.29) is 5.56 Å². The molecule has 2 aromatic carbocycles. The summed E-state index contributed by atoms with van der Waals surface area (Å²) >= 11 is 0. The summed E-state index contributed by atoms with van der Waals surface area (Å²) in [5.41, 5.74) is 3.72. The van der Waals surface area contributed by atoms with Crippen molar-refractivity contribution < 1.29 is 4.74 Å². The van der Waals surface area contributed by atoms with Gasteiger partial charge in [0.25, 0.3) is 5.56 Å². The van der Waals surface area contributed by atoms with E-state index >= 15 is 0 Å². The van der Waals surface area contributed by atoms with E-state index in [9.17, 15) is 4.79 Å². The molecule has 1 aliphatic rings. The number of benzene rings is 2. The van der Waals surface area contributed by atoms with Crippen molar-refractivity contribution in [1.29, 1.82) is 0 Å². The minimum Gasteiger partial charge on any atom is -0.378 e. The fourth-order valence-corrected chi connectivity index (χ4v) is 3.88. The molecule has 0 saturated carbocycles. The van der Waals surface area contributed by atoms with E-state index in [1.807, 2.05) is 36.4 Å². The predicted octanol–water partition coefficient (Wildman–Crippen LogP) is 2.83. The first-order valence-electron chi connectivity index (χ1n) is 10.4. The Morgan fingerprint density at radius 2 is 1.57 bits per heavy atom. The molecule has 6 nitrogen and oxygen atoms in total. The third kappa shape index (κ3) is 4.96. The van der Waals surface area contributed by atoms with Crippen molar-refractivity contribution in [2.24, 2.45) is 0 Å². The molecule has 1 aromatic heterocycles. The molecule has 2 heterocycles. The van der Waals surface area contributed by atoms with Crippen LogP contribution in [0.25, 0.3) is 0 Å². The Labute approximate surface area is 177 Å². The molecule has 4 rings (SSSR count). The van der Waals surface area contributed by atoms with Gasteiger partial charge < -0.3 is 9.64 Å². The van der Waals surface area contributed by atoms with Gasteiger partial charge in [-0.15, -0.1) is 0 Å². The lowest BCUT2D eigenvalue weighted by atomic mass is 10.0. The number of aromatic nitrogens is 2. The van der Waals surface area contributed by atoms with Crippen molar-refractivity contribution in [1.82, 2.24) is 14.9 Å². The Kier molecular flexibility index (Phi) is 6.57. The van der Waals surface area contributed by atoms with Crippen LogP contribution >= 0.6 is 0 Å². The second kappa shape index (κ2) is 9.69. The number of aromatic amines is 1. The second-order valence-corrected chi connectivity index (χ2v) is 7.66. The summed E-state index contributed by atoms with van der Waals surface area (Å²) in [5, 5.41) is 0. The number of anilines is 1. The van der Waals surface area contributed by atoms with Crippen LogP contribution in [0.3, 0.4) is 0 Å². The highest BCUT2D eigenvalue weighted by atomic mass is 16.5. The summed E-state index contributed by atoms with van der Waals surface area (Å²) in [4.78, 5) is 25.3. The van der Waals surface area contributed by atoms with Gasteiger partial charge in [0.2, 0.25) is 5.95 Å². The average molecular weight is 405 g/mol. The number of methoxy groups -OCH3 is 1. The molecule has 0 atom stereocenters. The van der Waals surface area contributed by atoms with Gasteiger partial charge in [0, 0.05) is 51.8 Å². The van der Waals surface area contributed by atoms with Crippen molar-refractivity contribution in [3.05, 3.63) is 93.4 Å². The normalized spacial score (nSPS) is 14.8. The number of nitrogens with zero attached hydrogens (tertiary/aromatic N) is 3. The Bertz CT molecular complexity index is 997. The number of H-pyrrole nitrogens is 1. The van der Waals surface area contributed by atoms with Crippen LogP contribution in [0, 0.1) is 0 Å². The minimum atomic E-state index is -0.0809. The smallest absolute Gasteiger partial charge is 0.256 e. The summed E-state index contributed by atoms with van der Waals surface area (Å²) in [5.74, 6) is 0.642. The second-order valence-electron chi connectivity index (χ2n) is 7.66. The van der Waals surface area contributed by atoms with Crippen LogP contribution in [0.2, 0.25) is 0 Å². The molecule has 1 N–H and O–H groups in total. The number of nitrogens with one attached hydrogen (secondary N) is 1. The summed E-state index contributed by atoms with van der Waals surface area (Å²) in [6, 6.07) is 20.5. The summed E-state index contributed by atoms with van der Waals surface area (Å²) in [7, 11) is 1.64. The topological polar surface area (TPSA) is 61.5 Å². The lowest BCUT2D eigenvalue weighted by molar-refractivity contribution is 0.180. The van der Waals surface area contributed by atoms with Crippen molar-refractivity contribution in [3.8, 4) is 0 Å². The highest BCUT2D eigenvalue weighted by molar-refractivity contribution is 5.36. The first-order valence-corrected chi connectivity index (χ1v) is 10.4. The number of rotatable bonds is 7. The van der Waals surface area contributed by atoms with E-state index in [4.69, 9.17) is 9.72 Å². The van der Waals surface area contributed by atoms with E-state index in [1.54, 1.807) is 7.11 Å². The van der Waals surface area contributed by atoms with Gasteiger partial charge in [0.05, 0.1) is 12.3 Å². The molecule has 156 valence electrons. The quantitative estimate of drug-likeness (QED) is 0.656. The third-order valence-electron chi connectivity index (χ3n) is 5.51. The fraction of sp³-hybridized carbons (Fsp3) is 0.333. The number of hydrogen-bond donors (Lipinski definition) is 1. The Balaban J connectivity index is 1.47. The highest BCUT2D eigenvalue weighted by Gasteiger charge is 2.21. The molecule has 0 amide bonds. The number of hydrogen-bond acceptors (Lipinski definition) is 5. The number of ether oxygens (including phenoxy) is 1. The van der Waals surface area contributed by atoms with E-state index in [1.165, 1.54) is 5.56 Å². The zero-order valence-electron chi connectivity index (χ0n) is 17.4. The van der Waals surface area contributed by atoms with Crippen LogP contribution in [0.15, 0.2) is 65.5 Å². The van der Waals surface area contributed by atoms with Crippen LogP contribution in [0.1, 0.15) is 22.4 Å². The molecule has 0 unspecified atom stereocenters. The molecule has 0 radical (unpaired) electrons. The van der Waals surface area contributed by atoms with Gasteiger partial charge >= 0.3 is 0 Å². The van der Waals surface area contributed by atoms with Crippen LogP contribution in [-0.2, 0) is 24.3 Å². The summed E-state index contributed by atoms with van der Waals surface area (Å²) in [6.07, 6.45) is 0.549. The SMILES string of the molecule is COCc1nc(N2CCN(Cc3ccccc3)CC2)[nH]c(=O)c1Cc1ccccc1. The zero-order chi connectivity index (χ0) is 20.8. The van der Waals surface area contributed by atoms with Gasteiger partial charge in [0.1, 0.15) is 0 Å². The van der Waals surface area contributed by atoms with Crippen LogP contribution in [-0.4, -0.2) is 48.2 Å². The molecule has 1 fully saturated rings.